The van der Waals surface area contributed by atoms with E-state index in [9.17, 15) is 27.6 Å². The van der Waals surface area contributed by atoms with Gasteiger partial charge >= 0.3 is 6.18 Å². The molecule has 2 bridgehead atoms. The van der Waals surface area contributed by atoms with Crippen molar-refractivity contribution in [2.45, 2.75) is 37.6 Å². The summed E-state index contributed by atoms with van der Waals surface area (Å²) in [5.74, 6) is -3.76. The zero-order chi connectivity index (χ0) is 19.9. The third-order valence-electron chi connectivity index (χ3n) is 5.76. The number of fused-ring (bicyclic) bond motifs is 5. The Balaban J connectivity index is 1.82. The van der Waals surface area contributed by atoms with Crippen LogP contribution < -0.4 is 4.90 Å². The maximum atomic E-state index is 13.2. The van der Waals surface area contributed by atoms with E-state index in [1.165, 1.54) is 13.0 Å². The van der Waals surface area contributed by atoms with Crippen LogP contribution in [0, 0.1) is 23.2 Å². The van der Waals surface area contributed by atoms with E-state index >= 15 is 0 Å². The van der Waals surface area contributed by atoms with E-state index in [0.29, 0.717) is 11.0 Å². The zero-order valence-corrected chi connectivity index (χ0v) is 14.3. The number of rotatable bonds is 1. The average Bonchev–Trinajstić information content (AvgIpc) is 3.07. The van der Waals surface area contributed by atoms with Crippen molar-refractivity contribution in [1.82, 2.24) is 0 Å². The molecule has 3 aliphatic rings. The number of ketones is 1. The van der Waals surface area contributed by atoms with Crippen LogP contribution in [0.15, 0.2) is 18.2 Å². The van der Waals surface area contributed by atoms with E-state index in [0.717, 1.165) is 12.1 Å². The number of imide groups is 1. The lowest BCUT2D eigenvalue weighted by Gasteiger charge is -2.26. The molecule has 2 amide bonds. The first-order valence-electron chi connectivity index (χ1n) is 8.17. The second-order valence-electron chi connectivity index (χ2n) is 7.43. The molecule has 3 heterocycles. The fraction of sp³-hybridized carbons (Fsp3) is 0.444. The van der Waals surface area contributed by atoms with Crippen LogP contribution in [-0.4, -0.2) is 28.8 Å². The Kier molecular flexibility index (Phi) is 3.24. The molecule has 27 heavy (non-hydrogen) atoms. The number of alkyl halides is 3. The monoisotopic (exact) mass is 378 g/mol. The number of Topliss-reactive ketones (excluding diaryl/α,β-unsaturated/α-hetero) is 1. The SMILES string of the molecule is CC12CC(=O)C(C)(O1)C1C(=O)N(c3ccc(C#N)c(C(F)(F)F)c3)C(=O)C12. The lowest BCUT2D eigenvalue weighted by atomic mass is 9.68. The van der Waals surface area contributed by atoms with Gasteiger partial charge in [-0.3, -0.25) is 14.4 Å². The van der Waals surface area contributed by atoms with Crippen LogP contribution in [0.25, 0.3) is 0 Å². The number of halogens is 3. The van der Waals surface area contributed by atoms with Crippen LogP contribution in [-0.2, 0) is 25.3 Å². The highest BCUT2D eigenvalue weighted by Gasteiger charge is 2.76. The normalized spacial score (nSPS) is 35.0. The number of nitrogens with zero attached hydrogens (tertiary/aromatic N) is 2. The number of carbonyl (C=O) groups excluding carboxylic acids is 3. The molecule has 3 aliphatic heterocycles. The van der Waals surface area contributed by atoms with Crippen molar-refractivity contribution in [1.29, 1.82) is 5.26 Å². The maximum Gasteiger partial charge on any atom is 0.417 e. The Bertz CT molecular complexity index is 966. The van der Waals surface area contributed by atoms with Crippen LogP contribution in [0.4, 0.5) is 18.9 Å². The maximum absolute atomic E-state index is 13.2. The van der Waals surface area contributed by atoms with Gasteiger partial charge in [-0.15, -0.1) is 0 Å². The summed E-state index contributed by atoms with van der Waals surface area (Å²) < 4.78 is 45.4. The van der Waals surface area contributed by atoms with Gasteiger partial charge in [-0.1, -0.05) is 0 Å². The smallest absolute Gasteiger partial charge is 0.359 e. The Morgan fingerprint density at radius 1 is 1.19 bits per heavy atom. The van der Waals surface area contributed by atoms with Crippen molar-refractivity contribution in [3.63, 3.8) is 0 Å². The Hall–Kier alpha value is -2.73. The molecule has 3 fully saturated rings. The molecule has 4 rings (SSSR count). The molecule has 6 nitrogen and oxygen atoms in total. The molecule has 1 aromatic carbocycles. The highest BCUT2D eigenvalue weighted by atomic mass is 19.4. The first-order valence-corrected chi connectivity index (χ1v) is 8.17. The molecule has 3 saturated heterocycles. The van der Waals surface area contributed by atoms with Crippen LogP contribution >= 0.6 is 0 Å². The predicted molar refractivity (Wildman–Crippen MR) is 83.2 cm³/mol. The number of anilines is 1. The first kappa shape index (κ1) is 17.7. The lowest BCUT2D eigenvalue weighted by molar-refractivity contribution is -0.140. The van der Waals surface area contributed by atoms with Gasteiger partial charge in [0.25, 0.3) is 0 Å². The molecule has 0 aromatic heterocycles. The van der Waals surface area contributed by atoms with Gasteiger partial charge in [-0.05, 0) is 32.0 Å². The van der Waals surface area contributed by atoms with Crippen molar-refractivity contribution in [3.05, 3.63) is 29.3 Å². The molecule has 0 spiro atoms. The van der Waals surface area contributed by atoms with Crippen molar-refractivity contribution >= 4 is 23.3 Å². The summed E-state index contributed by atoms with van der Waals surface area (Å²) in [7, 11) is 0. The molecule has 4 unspecified atom stereocenters. The molecule has 140 valence electrons. The van der Waals surface area contributed by atoms with Gasteiger partial charge in [0.1, 0.15) is 5.60 Å². The van der Waals surface area contributed by atoms with Crippen LogP contribution in [0.1, 0.15) is 31.4 Å². The minimum absolute atomic E-state index is 0.0291. The lowest BCUT2D eigenvalue weighted by Crippen LogP contribution is -2.46. The summed E-state index contributed by atoms with van der Waals surface area (Å²) in [4.78, 5) is 38.8. The quantitative estimate of drug-likeness (QED) is 0.699. The van der Waals surface area contributed by atoms with E-state index in [1.54, 1.807) is 6.92 Å². The van der Waals surface area contributed by atoms with Gasteiger partial charge in [0.15, 0.2) is 5.78 Å². The molecule has 0 radical (unpaired) electrons. The van der Waals surface area contributed by atoms with E-state index in [1.807, 2.05) is 0 Å². The number of amides is 2. The number of hydrogen-bond donors (Lipinski definition) is 0. The fourth-order valence-corrected chi connectivity index (χ4v) is 4.58. The molecule has 4 atom stereocenters. The van der Waals surface area contributed by atoms with E-state index < -0.39 is 52.2 Å². The topological polar surface area (TPSA) is 87.5 Å². The second-order valence-corrected chi connectivity index (χ2v) is 7.43. The first-order chi connectivity index (χ1) is 12.4. The van der Waals surface area contributed by atoms with Crippen molar-refractivity contribution < 1.29 is 32.3 Å². The standard InChI is InChI=1S/C18H13F3N2O4/c1-16-6-11(24)17(2,27-16)13-12(16)14(25)23(15(13)26)9-4-3-8(7-22)10(5-9)18(19,20)21/h3-5,12-13H,6H2,1-2H3. The molecular formula is C18H13F3N2O4. The number of nitriles is 1. The van der Waals surface area contributed by atoms with E-state index in [4.69, 9.17) is 10.00 Å². The van der Waals surface area contributed by atoms with Gasteiger partial charge < -0.3 is 4.74 Å². The minimum Gasteiger partial charge on any atom is -0.359 e. The van der Waals surface area contributed by atoms with Gasteiger partial charge in [0.2, 0.25) is 11.8 Å². The summed E-state index contributed by atoms with van der Waals surface area (Å²) >= 11 is 0. The fourth-order valence-electron chi connectivity index (χ4n) is 4.58. The van der Waals surface area contributed by atoms with E-state index in [2.05, 4.69) is 0 Å². The molecule has 9 heteroatoms. The predicted octanol–water partition coefficient (Wildman–Crippen LogP) is 2.20. The van der Waals surface area contributed by atoms with Crippen molar-refractivity contribution in [2.24, 2.45) is 11.8 Å². The number of carbonyl (C=O) groups is 3. The molecule has 0 saturated carbocycles. The van der Waals surface area contributed by atoms with Crippen LogP contribution in [0.5, 0.6) is 0 Å². The summed E-state index contributed by atoms with van der Waals surface area (Å²) in [5, 5.41) is 8.90. The van der Waals surface area contributed by atoms with Gasteiger partial charge in [0.05, 0.1) is 40.3 Å². The Morgan fingerprint density at radius 2 is 1.81 bits per heavy atom. The molecular weight excluding hydrogens is 365 g/mol. The van der Waals surface area contributed by atoms with Crippen molar-refractivity contribution in [3.8, 4) is 6.07 Å². The largest absolute Gasteiger partial charge is 0.417 e. The van der Waals surface area contributed by atoms with Gasteiger partial charge in [-0.25, -0.2) is 4.90 Å². The highest BCUT2D eigenvalue weighted by Crippen LogP contribution is 2.59. The van der Waals surface area contributed by atoms with Crippen LogP contribution in [0.2, 0.25) is 0 Å². The Morgan fingerprint density at radius 3 is 2.41 bits per heavy atom. The molecule has 0 aliphatic carbocycles. The second kappa shape index (κ2) is 4.95. The molecule has 1 aromatic rings. The van der Waals surface area contributed by atoms with Gasteiger partial charge in [0, 0.05) is 6.42 Å². The Labute approximate surface area is 151 Å². The van der Waals surface area contributed by atoms with Gasteiger partial charge in [-0.2, -0.15) is 18.4 Å². The summed E-state index contributed by atoms with van der Waals surface area (Å²) in [5.41, 5.74) is -4.72. The summed E-state index contributed by atoms with van der Waals surface area (Å²) in [6, 6.07) is 4.11. The molecule has 0 N–H and O–H groups in total. The number of benzene rings is 1. The minimum atomic E-state index is -4.82. The summed E-state index contributed by atoms with van der Waals surface area (Å²) in [6.45, 7) is 3.01. The highest BCUT2D eigenvalue weighted by molar-refractivity contribution is 6.25. The average molecular weight is 378 g/mol. The number of ether oxygens (including phenoxy) is 1. The zero-order valence-electron chi connectivity index (χ0n) is 14.3. The number of hydrogen-bond acceptors (Lipinski definition) is 5. The summed E-state index contributed by atoms with van der Waals surface area (Å²) in [6.07, 6.45) is -4.85. The third-order valence-corrected chi connectivity index (χ3v) is 5.76. The van der Waals surface area contributed by atoms with Crippen molar-refractivity contribution in [2.75, 3.05) is 4.90 Å². The van der Waals surface area contributed by atoms with E-state index in [-0.39, 0.29) is 17.9 Å². The third kappa shape index (κ3) is 2.07. The van der Waals surface area contributed by atoms with Crippen LogP contribution in [0.3, 0.4) is 0 Å².